The van der Waals surface area contributed by atoms with Crippen molar-refractivity contribution in [3.8, 4) is 5.75 Å². The minimum Gasteiger partial charge on any atom is -0.497 e. The number of methoxy groups -OCH3 is 1. The van der Waals surface area contributed by atoms with Crippen LogP contribution in [0.1, 0.15) is 18.9 Å². The number of halogens is 6. The van der Waals surface area contributed by atoms with Crippen molar-refractivity contribution in [3.05, 3.63) is 29.8 Å². The zero-order valence-electron chi connectivity index (χ0n) is 22.0. The topological polar surface area (TPSA) is 111 Å². The molecular formula is C24H33F6N3O6. The van der Waals surface area contributed by atoms with Crippen LogP contribution in [0.25, 0.3) is 0 Å². The number of likely N-dealkylation sites (N-methyl/N-ethyl adjacent to an activating group) is 1. The van der Waals surface area contributed by atoms with E-state index in [-0.39, 0.29) is 5.41 Å². The van der Waals surface area contributed by atoms with Gasteiger partial charge in [0.05, 0.1) is 12.5 Å². The maximum atomic E-state index is 13.1. The van der Waals surface area contributed by atoms with Gasteiger partial charge in [-0.05, 0) is 44.1 Å². The summed E-state index contributed by atoms with van der Waals surface area (Å²) in [6.07, 6.45) is -9.17. The highest BCUT2D eigenvalue weighted by atomic mass is 19.4. The van der Waals surface area contributed by atoms with Crippen molar-refractivity contribution >= 4 is 17.8 Å². The van der Waals surface area contributed by atoms with Gasteiger partial charge in [-0.15, -0.1) is 0 Å². The zero-order valence-corrected chi connectivity index (χ0v) is 22.0. The Morgan fingerprint density at radius 2 is 1.54 bits per heavy atom. The van der Waals surface area contributed by atoms with Gasteiger partial charge in [-0.3, -0.25) is 9.69 Å². The molecular weight excluding hydrogens is 540 g/mol. The van der Waals surface area contributed by atoms with Gasteiger partial charge >= 0.3 is 24.3 Å². The van der Waals surface area contributed by atoms with Crippen LogP contribution in [0.15, 0.2) is 24.3 Å². The number of rotatable bonds is 6. The highest BCUT2D eigenvalue weighted by molar-refractivity contribution is 5.86. The van der Waals surface area contributed by atoms with Crippen molar-refractivity contribution in [2.24, 2.45) is 11.3 Å². The van der Waals surface area contributed by atoms with Crippen LogP contribution in [0.3, 0.4) is 0 Å². The van der Waals surface area contributed by atoms with E-state index in [0.29, 0.717) is 11.8 Å². The lowest BCUT2D eigenvalue weighted by molar-refractivity contribution is -0.193. The van der Waals surface area contributed by atoms with E-state index in [1.54, 1.807) is 7.11 Å². The molecule has 1 spiro atoms. The van der Waals surface area contributed by atoms with Crippen molar-refractivity contribution in [1.82, 2.24) is 14.7 Å². The molecule has 2 aliphatic rings. The van der Waals surface area contributed by atoms with Gasteiger partial charge in [0.15, 0.2) is 0 Å². The summed E-state index contributed by atoms with van der Waals surface area (Å²) in [6.45, 7) is 7.73. The number of hydrogen-bond donors (Lipinski definition) is 2. The molecule has 0 aromatic heterocycles. The number of carboxylic acids is 2. The number of likely N-dealkylation sites (tertiary alicyclic amines) is 2. The van der Waals surface area contributed by atoms with Gasteiger partial charge in [0.2, 0.25) is 5.91 Å². The lowest BCUT2D eigenvalue weighted by Gasteiger charge is -2.27. The molecule has 0 saturated carbocycles. The van der Waals surface area contributed by atoms with E-state index in [1.807, 2.05) is 12.1 Å². The normalized spacial score (nSPS) is 21.4. The predicted molar refractivity (Wildman–Crippen MR) is 127 cm³/mol. The SMILES string of the molecule is COc1ccc(CN2C[C@@H](C)[C@@]3(CCN(CCN(C)C)C3=O)C2)cc1.O=C(O)C(F)(F)F.O=C(O)C(F)(F)F. The quantitative estimate of drug-likeness (QED) is 0.500. The Morgan fingerprint density at radius 1 is 1.05 bits per heavy atom. The van der Waals surface area contributed by atoms with E-state index >= 15 is 0 Å². The minimum absolute atomic E-state index is 0.168. The molecule has 2 heterocycles. The summed E-state index contributed by atoms with van der Waals surface area (Å²) in [7, 11) is 5.81. The fourth-order valence-electron chi connectivity index (χ4n) is 4.29. The van der Waals surface area contributed by atoms with Crippen molar-refractivity contribution in [2.75, 3.05) is 53.9 Å². The second-order valence-corrected chi connectivity index (χ2v) is 9.53. The van der Waals surface area contributed by atoms with E-state index < -0.39 is 24.3 Å². The van der Waals surface area contributed by atoms with Crippen LogP contribution in [0.4, 0.5) is 26.3 Å². The molecule has 0 bridgehead atoms. The van der Waals surface area contributed by atoms with Gasteiger partial charge in [-0.2, -0.15) is 26.3 Å². The first-order valence-electron chi connectivity index (χ1n) is 11.7. The molecule has 0 radical (unpaired) electrons. The van der Waals surface area contributed by atoms with E-state index in [2.05, 4.69) is 47.9 Å². The number of nitrogens with zero attached hydrogens (tertiary/aromatic N) is 3. The van der Waals surface area contributed by atoms with E-state index in [1.165, 1.54) is 5.56 Å². The van der Waals surface area contributed by atoms with Gasteiger partial charge in [0.25, 0.3) is 0 Å². The smallest absolute Gasteiger partial charge is 0.490 e. The highest BCUT2D eigenvalue weighted by Crippen LogP contribution is 2.45. The molecule has 1 aromatic rings. The highest BCUT2D eigenvalue weighted by Gasteiger charge is 2.54. The number of amides is 1. The van der Waals surface area contributed by atoms with Gasteiger partial charge < -0.3 is 24.7 Å². The third-order valence-electron chi connectivity index (χ3n) is 6.39. The number of benzene rings is 1. The number of ether oxygens (including phenoxy) is 1. The second kappa shape index (κ2) is 13.8. The average molecular weight is 574 g/mol. The molecule has 3 rings (SSSR count). The molecule has 2 N–H and O–H groups in total. The number of carbonyl (C=O) groups excluding carboxylic acids is 1. The summed E-state index contributed by atoms with van der Waals surface area (Å²) in [5.41, 5.74) is 1.11. The standard InChI is InChI=1S/C20H31N3O2.2C2HF3O2/c1-16-13-22(14-17-5-7-18(25-4)8-6-17)15-20(16)9-10-23(19(20)24)12-11-21(2)3;2*3-2(4,5)1(6)7/h5-8,16H,9-15H2,1-4H3;2*(H,6,7)/t16-,20-;;/m1../s1. The van der Waals surface area contributed by atoms with Crippen LogP contribution in [-0.4, -0.2) is 109 Å². The third kappa shape index (κ3) is 10.2. The Bertz CT molecular complexity index is 947. The van der Waals surface area contributed by atoms with Crippen molar-refractivity contribution in [1.29, 1.82) is 0 Å². The fourth-order valence-corrected chi connectivity index (χ4v) is 4.29. The monoisotopic (exact) mass is 573 g/mol. The maximum Gasteiger partial charge on any atom is 0.490 e. The van der Waals surface area contributed by atoms with E-state index in [9.17, 15) is 31.1 Å². The Morgan fingerprint density at radius 3 is 1.95 bits per heavy atom. The number of carboxylic acid groups (broad SMARTS) is 2. The molecule has 2 saturated heterocycles. The first-order valence-corrected chi connectivity index (χ1v) is 11.7. The summed E-state index contributed by atoms with van der Waals surface area (Å²) in [4.78, 5) is 37.6. The van der Waals surface area contributed by atoms with Gasteiger partial charge in [-0.1, -0.05) is 19.1 Å². The number of alkyl halides is 6. The van der Waals surface area contributed by atoms with Crippen LogP contribution in [-0.2, 0) is 20.9 Å². The van der Waals surface area contributed by atoms with Crippen LogP contribution in [0.5, 0.6) is 5.75 Å². The lowest BCUT2D eigenvalue weighted by Crippen LogP contribution is -2.41. The summed E-state index contributed by atoms with van der Waals surface area (Å²) >= 11 is 0. The Labute approximate surface area is 221 Å². The second-order valence-electron chi connectivity index (χ2n) is 9.53. The van der Waals surface area contributed by atoms with Gasteiger partial charge in [0, 0.05) is 39.3 Å². The minimum atomic E-state index is -5.08. The number of carbonyl (C=O) groups is 3. The summed E-state index contributed by atoms with van der Waals surface area (Å²) in [6, 6.07) is 8.26. The van der Waals surface area contributed by atoms with E-state index in [0.717, 1.165) is 51.4 Å². The third-order valence-corrected chi connectivity index (χ3v) is 6.39. The molecule has 0 unspecified atom stereocenters. The molecule has 0 aliphatic carbocycles. The summed E-state index contributed by atoms with van der Waals surface area (Å²) in [5.74, 6) is -3.83. The Hall–Kier alpha value is -3.07. The molecule has 1 amide bonds. The molecule has 39 heavy (non-hydrogen) atoms. The molecule has 2 aliphatic heterocycles. The van der Waals surface area contributed by atoms with Crippen LogP contribution in [0.2, 0.25) is 0 Å². The van der Waals surface area contributed by atoms with Crippen molar-refractivity contribution in [2.45, 2.75) is 32.2 Å². The average Bonchev–Trinajstić information content (AvgIpc) is 3.31. The first kappa shape index (κ1) is 34.0. The lowest BCUT2D eigenvalue weighted by atomic mass is 9.78. The molecule has 9 nitrogen and oxygen atoms in total. The van der Waals surface area contributed by atoms with Crippen molar-refractivity contribution in [3.63, 3.8) is 0 Å². The fraction of sp³-hybridized carbons (Fsp3) is 0.625. The largest absolute Gasteiger partial charge is 0.497 e. The maximum absolute atomic E-state index is 13.1. The Kier molecular flexibility index (Phi) is 12.0. The summed E-state index contributed by atoms with van der Waals surface area (Å²) < 4.78 is 68.7. The Balaban J connectivity index is 0.000000449. The van der Waals surface area contributed by atoms with Crippen LogP contribution >= 0.6 is 0 Å². The summed E-state index contributed by atoms with van der Waals surface area (Å²) in [5, 5.41) is 14.2. The predicted octanol–water partition coefficient (Wildman–Crippen LogP) is 3.19. The molecule has 2 fully saturated rings. The molecule has 15 heteroatoms. The molecule has 222 valence electrons. The van der Waals surface area contributed by atoms with Crippen molar-refractivity contribution < 1.29 is 55.7 Å². The molecule has 2 atom stereocenters. The molecule has 1 aromatic carbocycles. The first-order chi connectivity index (χ1) is 17.8. The number of hydrogen-bond acceptors (Lipinski definition) is 6. The zero-order chi connectivity index (χ0) is 30.2. The van der Waals surface area contributed by atoms with Crippen LogP contribution in [0, 0.1) is 11.3 Å². The number of aliphatic carboxylic acids is 2. The van der Waals surface area contributed by atoms with E-state index in [4.69, 9.17) is 24.5 Å². The van der Waals surface area contributed by atoms with Gasteiger partial charge in [-0.25, -0.2) is 9.59 Å². The van der Waals surface area contributed by atoms with Crippen LogP contribution < -0.4 is 4.74 Å². The van der Waals surface area contributed by atoms with Gasteiger partial charge in [0.1, 0.15) is 5.75 Å².